The van der Waals surface area contributed by atoms with Gasteiger partial charge in [0.1, 0.15) is 5.76 Å². The number of amides is 1. The summed E-state index contributed by atoms with van der Waals surface area (Å²) in [4.78, 5) is 28.5. The number of Topliss-reactive ketones (excluding diaryl/α,β-unsaturated/α-hetero) is 1. The van der Waals surface area contributed by atoms with Gasteiger partial charge in [0.25, 0.3) is 5.78 Å². The van der Waals surface area contributed by atoms with Crippen LogP contribution >= 0.6 is 34.7 Å². The van der Waals surface area contributed by atoms with Crippen molar-refractivity contribution in [1.29, 1.82) is 0 Å². The summed E-state index contributed by atoms with van der Waals surface area (Å²) in [5, 5.41) is 20.9. The summed E-state index contributed by atoms with van der Waals surface area (Å²) >= 11 is 8.67. The molecule has 3 aromatic carbocycles. The Hall–Kier alpha value is -3.86. The van der Waals surface area contributed by atoms with E-state index in [0.29, 0.717) is 51.0 Å². The van der Waals surface area contributed by atoms with Crippen LogP contribution < -0.4 is 14.4 Å². The highest BCUT2D eigenvalue weighted by molar-refractivity contribution is 8.00. The number of aromatic nitrogens is 2. The van der Waals surface area contributed by atoms with Crippen molar-refractivity contribution in [2.75, 3.05) is 18.1 Å². The molecule has 4 aromatic rings. The number of carbonyl (C=O) groups is 2. The fourth-order valence-electron chi connectivity index (χ4n) is 4.59. The van der Waals surface area contributed by atoms with Crippen molar-refractivity contribution < 1.29 is 24.2 Å². The van der Waals surface area contributed by atoms with Gasteiger partial charge in [0.2, 0.25) is 5.13 Å². The molecule has 1 unspecified atom stereocenters. The molecule has 1 aromatic heterocycles. The zero-order valence-electron chi connectivity index (χ0n) is 23.9. The Bertz CT molecular complexity index is 1650. The minimum atomic E-state index is -0.970. The molecular weight excluding hydrogens is 606 g/mol. The van der Waals surface area contributed by atoms with Crippen molar-refractivity contribution >= 4 is 57.3 Å². The van der Waals surface area contributed by atoms with Gasteiger partial charge in [-0.3, -0.25) is 14.5 Å². The molecule has 1 saturated heterocycles. The molecule has 0 spiro atoms. The van der Waals surface area contributed by atoms with Crippen LogP contribution in [0.5, 0.6) is 11.5 Å². The quantitative estimate of drug-likeness (QED) is 0.0591. The van der Waals surface area contributed by atoms with E-state index in [9.17, 15) is 14.7 Å². The van der Waals surface area contributed by atoms with Gasteiger partial charge in [-0.05, 0) is 55.7 Å². The van der Waals surface area contributed by atoms with Crippen LogP contribution in [-0.2, 0) is 15.3 Å². The summed E-state index contributed by atoms with van der Waals surface area (Å²) in [6.45, 7) is 6.70. The minimum Gasteiger partial charge on any atom is -0.507 e. The first-order chi connectivity index (χ1) is 20.8. The molecule has 0 bridgehead atoms. The average molecular weight is 636 g/mol. The molecule has 1 atom stereocenters. The third kappa shape index (κ3) is 6.71. The number of ether oxygens (including phenoxy) is 2. The summed E-state index contributed by atoms with van der Waals surface area (Å²) in [5.41, 5.74) is 3.00. The fourth-order valence-corrected chi connectivity index (χ4v) is 6.54. The third-order valence-electron chi connectivity index (χ3n) is 6.69. The van der Waals surface area contributed by atoms with Crippen molar-refractivity contribution in [1.82, 2.24) is 10.2 Å². The predicted molar refractivity (Wildman–Crippen MR) is 170 cm³/mol. The fraction of sp³-hybridized carbons (Fsp3) is 0.250. The van der Waals surface area contributed by atoms with E-state index in [-0.39, 0.29) is 16.5 Å². The van der Waals surface area contributed by atoms with E-state index in [1.807, 2.05) is 57.2 Å². The first-order valence-electron chi connectivity index (χ1n) is 13.8. The zero-order chi connectivity index (χ0) is 30.5. The highest BCUT2D eigenvalue weighted by Crippen LogP contribution is 2.45. The number of anilines is 1. The smallest absolute Gasteiger partial charge is 0.301 e. The Balaban J connectivity index is 1.57. The van der Waals surface area contributed by atoms with Gasteiger partial charge >= 0.3 is 5.91 Å². The second kappa shape index (κ2) is 13.6. The maximum atomic E-state index is 13.6. The van der Waals surface area contributed by atoms with Gasteiger partial charge in [-0.1, -0.05) is 89.7 Å². The summed E-state index contributed by atoms with van der Waals surface area (Å²) in [6.07, 6.45) is 0.819. The number of aliphatic hydroxyl groups excluding tert-OH is 1. The molecule has 8 nitrogen and oxygen atoms in total. The number of halogens is 1. The second-order valence-electron chi connectivity index (χ2n) is 9.79. The first-order valence-corrected chi connectivity index (χ1v) is 16.0. The van der Waals surface area contributed by atoms with Gasteiger partial charge in [0.05, 0.1) is 24.8 Å². The molecule has 43 heavy (non-hydrogen) atoms. The lowest BCUT2D eigenvalue weighted by Crippen LogP contribution is -2.29. The van der Waals surface area contributed by atoms with Gasteiger partial charge in [0, 0.05) is 16.3 Å². The lowest BCUT2D eigenvalue weighted by molar-refractivity contribution is -0.132. The van der Waals surface area contributed by atoms with Crippen molar-refractivity contribution in [3.8, 4) is 11.5 Å². The number of aryl methyl sites for hydroxylation is 1. The van der Waals surface area contributed by atoms with Crippen LogP contribution in [0, 0.1) is 6.92 Å². The van der Waals surface area contributed by atoms with E-state index in [2.05, 4.69) is 10.2 Å². The van der Waals surface area contributed by atoms with E-state index in [4.69, 9.17) is 21.1 Å². The molecule has 11 heteroatoms. The molecule has 1 aliphatic heterocycles. The highest BCUT2D eigenvalue weighted by Gasteiger charge is 2.48. The largest absolute Gasteiger partial charge is 0.507 e. The monoisotopic (exact) mass is 635 g/mol. The van der Waals surface area contributed by atoms with Crippen molar-refractivity contribution in [3.05, 3.63) is 99.6 Å². The standard InChI is InChI=1S/C32H30ClN3O5S2/c1-4-16-41-24-15-12-22(17-25(24)40-5-2)27-26(28(37)21-10-6-19(3)7-11-21)29(38)30(39)36(27)31-34-35-32(43-31)42-18-20-8-13-23(33)14-9-20/h6-15,17,27,37H,4-5,16,18H2,1-3H3/b28-26+. The van der Waals surface area contributed by atoms with Crippen LogP contribution in [0.3, 0.4) is 0 Å². The first kappa shape index (κ1) is 30.6. The molecule has 2 heterocycles. The van der Waals surface area contributed by atoms with Crippen molar-refractivity contribution in [2.45, 2.75) is 43.3 Å². The predicted octanol–water partition coefficient (Wildman–Crippen LogP) is 7.61. The maximum Gasteiger partial charge on any atom is 0.301 e. The summed E-state index contributed by atoms with van der Waals surface area (Å²) in [5.74, 6) is -0.216. The van der Waals surface area contributed by atoms with Crippen LogP contribution in [0.4, 0.5) is 5.13 Å². The van der Waals surface area contributed by atoms with E-state index >= 15 is 0 Å². The number of thioether (sulfide) groups is 1. The van der Waals surface area contributed by atoms with Crippen LogP contribution in [0.1, 0.15) is 48.6 Å². The van der Waals surface area contributed by atoms with Crippen LogP contribution in [0.2, 0.25) is 5.02 Å². The number of carbonyl (C=O) groups excluding carboxylic acids is 2. The number of hydrogen-bond donors (Lipinski definition) is 1. The van der Waals surface area contributed by atoms with Crippen LogP contribution in [0.15, 0.2) is 76.6 Å². The SMILES string of the molecule is CCCOc1ccc(C2/C(=C(\O)c3ccc(C)cc3)C(=O)C(=O)N2c2nnc(SCc3ccc(Cl)cc3)s2)cc1OCC. The molecule has 5 rings (SSSR count). The van der Waals surface area contributed by atoms with E-state index in [1.165, 1.54) is 28.0 Å². The van der Waals surface area contributed by atoms with Gasteiger partial charge in [-0.2, -0.15) is 0 Å². The Labute approximate surface area is 263 Å². The molecule has 0 aliphatic carbocycles. The summed E-state index contributed by atoms with van der Waals surface area (Å²) < 4.78 is 12.4. The van der Waals surface area contributed by atoms with Gasteiger partial charge in [-0.15, -0.1) is 10.2 Å². The van der Waals surface area contributed by atoms with Crippen LogP contribution in [0.25, 0.3) is 5.76 Å². The highest BCUT2D eigenvalue weighted by atomic mass is 35.5. The number of ketones is 1. The topological polar surface area (TPSA) is 102 Å². The molecule has 0 radical (unpaired) electrons. The lowest BCUT2D eigenvalue weighted by atomic mass is 9.95. The number of benzene rings is 3. The van der Waals surface area contributed by atoms with Gasteiger partial charge in [0.15, 0.2) is 15.8 Å². The van der Waals surface area contributed by atoms with Gasteiger partial charge < -0.3 is 14.6 Å². The molecule has 1 fully saturated rings. The van der Waals surface area contributed by atoms with E-state index < -0.39 is 17.7 Å². The van der Waals surface area contributed by atoms with Crippen molar-refractivity contribution in [3.63, 3.8) is 0 Å². The second-order valence-corrected chi connectivity index (χ2v) is 12.4. The molecule has 1 aliphatic rings. The lowest BCUT2D eigenvalue weighted by Gasteiger charge is -2.23. The molecule has 1 amide bonds. The summed E-state index contributed by atoms with van der Waals surface area (Å²) in [6, 6.07) is 18.9. The maximum absolute atomic E-state index is 13.6. The molecule has 222 valence electrons. The zero-order valence-corrected chi connectivity index (χ0v) is 26.3. The molecule has 1 N–H and O–H groups in total. The van der Waals surface area contributed by atoms with Crippen LogP contribution in [-0.4, -0.2) is 40.2 Å². The van der Waals surface area contributed by atoms with E-state index in [1.54, 1.807) is 30.3 Å². The number of nitrogens with zero attached hydrogens (tertiary/aromatic N) is 3. The molecule has 0 saturated carbocycles. The minimum absolute atomic E-state index is 0.0379. The Morgan fingerprint density at radius 3 is 2.44 bits per heavy atom. The Kier molecular flexibility index (Phi) is 9.69. The molecular formula is C32H30ClN3O5S2. The number of rotatable bonds is 11. The van der Waals surface area contributed by atoms with Gasteiger partial charge in [-0.25, -0.2) is 0 Å². The van der Waals surface area contributed by atoms with Crippen molar-refractivity contribution in [2.24, 2.45) is 0 Å². The Morgan fingerprint density at radius 2 is 1.74 bits per heavy atom. The normalized spacial score (nSPS) is 16.1. The third-order valence-corrected chi connectivity index (χ3v) is 9.07. The number of hydrogen-bond acceptors (Lipinski definition) is 9. The number of aliphatic hydroxyl groups is 1. The van der Waals surface area contributed by atoms with E-state index in [0.717, 1.165) is 17.5 Å². The average Bonchev–Trinajstić information content (AvgIpc) is 3.58. The Morgan fingerprint density at radius 1 is 1.00 bits per heavy atom. The summed E-state index contributed by atoms with van der Waals surface area (Å²) in [7, 11) is 0.